The van der Waals surface area contributed by atoms with Gasteiger partial charge in [-0.2, -0.15) is 4.31 Å². The summed E-state index contributed by atoms with van der Waals surface area (Å²) in [6.45, 7) is 5.54. The Bertz CT molecular complexity index is 916. The lowest BCUT2D eigenvalue weighted by atomic mass is 10.0. The van der Waals surface area contributed by atoms with Crippen LogP contribution in [0.25, 0.3) is 0 Å². The number of sulfonamides is 1. The number of anilines is 1. The van der Waals surface area contributed by atoms with E-state index >= 15 is 0 Å². The molecule has 1 saturated heterocycles. The van der Waals surface area contributed by atoms with Gasteiger partial charge >= 0.3 is 0 Å². The molecule has 7 heteroatoms. The molecule has 0 spiro atoms. The van der Waals surface area contributed by atoms with Crippen molar-refractivity contribution in [2.45, 2.75) is 38.0 Å². The summed E-state index contributed by atoms with van der Waals surface area (Å²) in [4.78, 5) is 12.4. The first-order chi connectivity index (χ1) is 13.8. The van der Waals surface area contributed by atoms with Gasteiger partial charge in [-0.25, -0.2) is 8.42 Å². The maximum atomic E-state index is 12.7. The van der Waals surface area contributed by atoms with E-state index in [2.05, 4.69) is 12.2 Å². The molecular weight excluding hydrogens is 388 g/mol. The van der Waals surface area contributed by atoms with E-state index in [0.717, 1.165) is 24.2 Å². The van der Waals surface area contributed by atoms with Crippen molar-refractivity contribution in [3.05, 3.63) is 54.1 Å². The molecule has 2 aromatic carbocycles. The van der Waals surface area contributed by atoms with Crippen LogP contribution in [0.5, 0.6) is 5.75 Å². The number of hydrogen-bond acceptors (Lipinski definition) is 4. The second-order valence-corrected chi connectivity index (χ2v) is 9.51. The van der Waals surface area contributed by atoms with Crippen molar-refractivity contribution in [1.82, 2.24) is 4.31 Å². The van der Waals surface area contributed by atoms with Gasteiger partial charge in [0, 0.05) is 18.8 Å². The zero-order valence-corrected chi connectivity index (χ0v) is 17.7. The Balaban J connectivity index is 1.50. The second kappa shape index (κ2) is 9.41. The predicted molar refractivity (Wildman–Crippen MR) is 114 cm³/mol. The maximum absolute atomic E-state index is 12.7. The van der Waals surface area contributed by atoms with Gasteiger partial charge in [0.15, 0.2) is 0 Å². The van der Waals surface area contributed by atoms with Crippen molar-refractivity contribution < 1.29 is 17.9 Å². The predicted octanol–water partition coefficient (Wildman–Crippen LogP) is 3.82. The van der Waals surface area contributed by atoms with E-state index in [1.165, 1.54) is 0 Å². The summed E-state index contributed by atoms with van der Waals surface area (Å²) in [5, 5.41) is 2.77. The molecule has 0 atom stereocenters. The van der Waals surface area contributed by atoms with E-state index in [1.807, 2.05) is 31.2 Å². The maximum Gasteiger partial charge on any atom is 0.243 e. The minimum absolute atomic E-state index is 0.183. The topological polar surface area (TPSA) is 75.7 Å². The van der Waals surface area contributed by atoms with Gasteiger partial charge in [0.1, 0.15) is 5.75 Å². The summed E-state index contributed by atoms with van der Waals surface area (Å²) in [6.07, 6.45) is 1.98. The van der Waals surface area contributed by atoms with Gasteiger partial charge in [0.25, 0.3) is 0 Å². The van der Waals surface area contributed by atoms with Gasteiger partial charge in [-0.15, -0.1) is 0 Å². The highest BCUT2D eigenvalue weighted by molar-refractivity contribution is 7.89. The number of aryl methyl sites for hydroxylation is 1. The number of amides is 1. The van der Waals surface area contributed by atoms with Gasteiger partial charge in [-0.05, 0) is 62.1 Å². The van der Waals surface area contributed by atoms with Crippen LogP contribution in [0, 0.1) is 12.8 Å². The highest BCUT2D eigenvalue weighted by Crippen LogP contribution is 2.24. The number of hydrogen-bond donors (Lipinski definition) is 1. The summed E-state index contributed by atoms with van der Waals surface area (Å²) < 4.78 is 32.6. The normalized spacial score (nSPS) is 15.8. The molecular formula is C22H28N2O4S. The Morgan fingerprint density at radius 1 is 1.07 bits per heavy atom. The number of benzene rings is 2. The average molecular weight is 417 g/mol. The van der Waals surface area contributed by atoms with E-state index in [4.69, 9.17) is 4.74 Å². The van der Waals surface area contributed by atoms with E-state index < -0.39 is 10.0 Å². The minimum Gasteiger partial charge on any atom is -0.493 e. The molecule has 1 N–H and O–H groups in total. The monoisotopic (exact) mass is 416 g/mol. The highest BCUT2D eigenvalue weighted by atomic mass is 32.2. The van der Waals surface area contributed by atoms with Crippen molar-refractivity contribution in [3.63, 3.8) is 0 Å². The number of rotatable bonds is 7. The molecule has 0 aliphatic carbocycles. The summed E-state index contributed by atoms with van der Waals surface area (Å²) in [7, 11) is -3.48. The number of carbonyl (C=O) groups excluding carboxylic acids is 1. The van der Waals surface area contributed by atoms with E-state index in [-0.39, 0.29) is 23.8 Å². The minimum atomic E-state index is -3.48. The van der Waals surface area contributed by atoms with Crippen molar-refractivity contribution in [2.24, 2.45) is 5.92 Å². The van der Waals surface area contributed by atoms with Crippen LogP contribution in [0.4, 0.5) is 5.69 Å². The second-order valence-electron chi connectivity index (χ2n) is 7.57. The first-order valence-electron chi connectivity index (χ1n) is 9.94. The summed E-state index contributed by atoms with van der Waals surface area (Å²) in [6, 6.07) is 14.0. The molecule has 1 fully saturated rings. The fourth-order valence-corrected chi connectivity index (χ4v) is 4.67. The van der Waals surface area contributed by atoms with Crippen molar-refractivity contribution >= 4 is 21.6 Å². The fourth-order valence-electron chi connectivity index (χ4n) is 3.20. The standard InChI is InChI=1S/C22H28N2O4S/c1-17-3-7-20(8-4-17)28-16-13-22(25)23-19-5-9-21(10-6-19)29(26,27)24-14-11-18(2)12-15-24/h3-10,18H,11-16H2,1-2H3,(H,23,25). The zero-order chi connectivity index (χ0) is 20.9. The fraction of sp³-hybridized carbons (Fsp3) is 0.409. The number of nitrogens with one attached hydrogen (secondary N) is 1. The molecule has 0 unspecified atom stereocenters. The first kappa shape index (κ1) is 21.3. The summed E-state index contributed by atoms with van der Waals surface area (Å²) >= 11 is 0. The molecule has 6 nitrogen and oxygen atoms in total. The molecule has 1 aliphatic rings. The van der Waals surface area contributed by atoms with Crippen LogP contribution in [0.2, 0.25) is 0 Å². The number of nitrogens with zero attached hydrogens (tertiary/aromatic N) is 1. The third-order valence-electron chi connectivity index (χ3n) is 5.14. The molecule has 3 rings (SSSR count). The molecule has 1 amide bonds. The SMILES string of the molecule is Cc1ccc(OCCC(=O)Nc2ccc(S(=O)(=O)N3CCC(C)CC3)cc2)cc1. The molecule has 156 valence electrons. The summed E-state index contributed by atoms with van der Waals surface area (Å²) in [5.41, 5.74) is 1.71. The van der Waals surface area contributed by atoms with Crippen LogP contribution in [-0.2, 0) is 14.8 Å². The van der Waals surface area contributed by atoms with Crippen molar-refractivity contribution in [2.75, 3.05) is 25.0 Å². The molecule has 29 heavy (non-hydrogen) atoms. The lowest BCUT2D eigenvalue weighted by Crippen LogP contribution is -2.37. The van der Waals surface area contributed by atoms with Crippen LogP contribution in [0.15, 0.2) is 53.4 Å². The lowest BCUT2D eigenvalue weighted by molar-refractivity contribution is -0.116. The molecule has 2 aromatic rings. The van der Waals surface area contributed by atoms with Crippen molar-refractivity contribution in [3.8, 4) is 5.75 Å². The molecule has 0 radical (unpaired) electrons. The van der Waals surface area contributed by atoms with Gasteiger partial charge in [-0.3, -0.25) is 4.79 Å². The Morgan fingerprint density at radius 2 is 1.69 bits per heavy atom. The molecule has 0 saturated carbocycles. The van der Waals surface area contributed by atoms with Crippen LogP contribution in [-0.4, -0.2) is 38.3 Å². The van der Waals surface area contributed by atoms with Crippen LogP contribution >= 0.6 is 0 Å². The van der Waals surface area contributed by atoms with Gasteiger partial charge in [0.2, 0.25) is 15.9 Å². The first-order valence-corrected chi connectivity index (χ1v) is 11.4. The number of ether oxygens (including phenoxy) is 1. The van der Waals surface area contributed by atoms with E-state index in [9.17, 15) is 13.2 Å². The Kier molecular flexibility index (Phi) is 6.92. The van der Waals surface area contributed by atoms with Gasteiger partial charge < -0.3 is 10.1 Å². The van der Waals surface area contributed by atoms with Crippen LogP contribution < -0.4 is 10.1 Å². The molecule has 0 bridgehead atoms. The third-order valence-corrected chi connectivity index (χ3v) is 7.05. The highest BCUT2D eigenvalue weighted by Gasteiger charge is 2.27. The Hall–Kier alpha value is -2.38. The quantitative estimate of drug-likeness (QED) is 0.744. The average Bonchev–Trinajstić information content (AvgIpc) is 2.70. The zero-order valence-electron chi connectivity index (χ0n) is 16.9. The Labute approximate surface area is 172 Å². The number of carbonyl (C=O) groups is 1. The van der Waals surface area contributed by atoms with Gasteiger partial charge in [0.05, 0.1) is 17.9 Å². The van der Waals surface area contributed by atoms with Gasteiger partial charge in [-0.1, -0.05) is 24.6 Å². The summed E-state index contributed by atoms with van der Waals surface area (Å²) in [5.74, 6) is 1.11. The van der Waals surface area contributed by atoms with E-state index in [0.29, 0.717) is 24.7 Å². The van der Waals surface area contributed by atoms with Crippen LogP contribution in [0.3, 0.4) is 0 Å². The molecule has 1 aliphatic heterocycles. The van der Waals surface area contributed by atoms with Crippen molar-refractivity contribution in [1.29, 1.82) is 0 Å². The smallest absolute Gasteiger partial charge is 0.243 e. The van der Waals surface area contributed by atoms with E-state index in [1.54, 1.807) is 28.6 Å². The lowest BCUT2D eigenvalue weighted by Gasteiger charge is -2.29. The molecule has 0 aromatic heterocycles. The third kappa shape index (κ3) is 5.81. The Morgan fingerprint density at radius 3 is 2.31 bits per heavy atom. The molecule has 1 heterocycles. The largest absolute Gasteiger partial charge is 0.493 e. The van der Waals surface area contributed by atoms with Crippen LogP contribution in [0.1, 0.15) is 31.7 Å². The number of piperidine rings is 1.